The van der Waals surface area contributed by atoms with E-state index < -0.39 is 41.5 Å². The average Bonchev–Trinajstić information content (AvgIpc) is 3.12. The Balaban J connectivity index is 0.00000128. The first kappa shape index (κ1) is 44.1. The number of aromatic hydroxyl groups is 1. The molecule has 6 aromatic rings. The molecule has 5 aromatic carbocycles. The minimum absolute atomic E-state index is 0. The Bertz CT molecular complexity index is 2580. The fraction of sp³-hybridized carbons (Fsp3) is 0.0333. The third-order valence-corrected chi connectivity index (χ3v) is 9.71. The number of nitrogens with zero attached hydrogens (tertiary/aromatic N) is 5. The quantitative estimate of drug-likeness (QED) is 0.0200. The predicted molar refractivity (Wildman–Crippen MR) is 199 cm³/mol. The van der Waals surface area contributed by atoms with Crippen LogP contribution in [0.15, 0.2) is 110 Å². The summed E-state index contributed by atoms with van der Waals surface area (Å²) in [6.45, 7) is 0. The van der Waals surface area contributed by atoms with E-state index in [4.69, 9.17) is 22.1 Å². The van der Waals surface area contributed by atoms with Crippen LogP contribution in [0.4, 0.5) is 34.6 Å². The number of azo groups is 1. The zero-order valence-electron chi connectivity index (χ0n) is 27.5. The third kappa shape index (κ3) is 11.2. The second-order valence-electron chi connectivity index (χ2n) is 10.3. The van der Waals surface area contributed by atoms with Crippen LogP contribution in [0.5, 0.6) is 5.75 Å². The third-order valence-electron chi connectivity index (χ3n) is 6.92. The molecule has 19 nitrogen and oxygen atoms in total. The summed E-state index contributed by atoms with van der Waals surface area (Å²) in [5.74, 6) is -0.186. The summed E-state index contributed by atoms with van der Waals surface area (Å²) in [7, 11) is -9.83. The zero-order chi connectivity index (χ0) is 39.0. The van der Waals surface area contributed by atoms with Gasteiger partial charge in [0.25, 0.3) is 20.2 Å². The Morgan fingerprint density at radius 2 is 1.42 bits per heavy atom. The summed E-state index contributed by atoms with van der Waals surface area (Å²) in [6, 6.07) is 20.9. The Hall–Kier alpha value is -3.66. The summed E-state index contributed by atoms with van der Waals surface area (Å²) in [5, 5.41) is 45.1. The van der Waals surface area contributed by atoms with Crippen molar-refractivity contribution in [3.8, 4) is 5.75 Å². The molecule has 0 atom stereocenters. The van der Waals surface area contributed by atoms with Crippen molar-refractivity contribution in [1.82, 2.24) is 15.0 Å². The fourth-order valence-electron chi connectivity index (χ4n) is 4.85. The fourth-order valence-corrected chi connectivity index (χ4v) is 7.04. The van der Waals surface area contributed by atoms with Gasteiger partial charge in [-0.15, -0.1) is 14.6 Å². The number of aromatic nitrogens is 3. The van der Waals surface area contributed by atoms with Crippen LogP contribution >= 0.6 is 35.7 Å². The molecule has 0 amide bonds. The van der Waals surface area contributed by atoms with Gasteiger partial charge in [-0.2, -0.15) is 36.1 Å². The van der Waals surface area contributed by atoms with Crippen molar-refractivity contribution in [2.45, 2.75) is 14.7 Å². The van der Waals surface area contributed by atoms with E-state index in [9.17, 15) is 31.0 Å². The van der Waals surface area contributed by atoms with E-state index in [1.54, 1.807) is 18.4 Å². The maximum Gasteiger partial charge on any atom is 0.297 e. The van der Waals surface area contributed by atoms with Crippen LogP contribution in [-0.4, -0.2) is 62.8 Å². The maximum absolute atomic E-state index is 12.5. The van der Waals surface area contributed by atoms with Gasteiger partial charge in [0, 0.05) is 78.5 Å². The number of fused-ring (bicyclic) bond motifs is 2. The van der Waals surface area contributed by atoms with Gasteiger partial charge in [0.15, 0.2) is 5.75 Å². The van der Waals surface area contributed by atoms with E-state index in [0.717, 1.165) is 42.0 Å². The van der Waals surface area contributed by atoms with Gasteiger partial charge >= 0.3 is 0 Å². The van der Waals surface area contributed by atoms with Gasteiger partial charge in [0.05, 0.1) is 16.9 Å². The molecule has 55 heavy (non-hydrogen) atoms. The van der Waals surface area contributed by atoms with Crippen molar-refractivity contribution < 1.29 is 88.0 Å². The number of benzene rings is 5. The predicted octanol–water partition coefficient (Wildman–Crippen LogP) is 8.11. The van der Waals surface area contributed by atoms with Gasteiger partial charge in [0.1, 0.15) is 21.2 Å². The first-order valence-corrected chi connectivity index (χ1v) is 19.6. The molecular formula is C30H24ClN7O12S4Y. The number of phenols is 1. The normalized spacial score (nSPS) is 11.6. The summed E-state index contributed by atoms with van der Waals surface area (Å²) in [5.41, 5.74) is 0.455. The number of phenolic OH excluding ortho intramolecular Hbond substituents is 1. The number of hydrogen-bond acceptors (Lipinski definition) is 19. The van der Waals surface area contributed by atoms with Crippen LogP contribution in [0.3, 0.4) is 0 Å². The van der Waals surface area contributed by atoms with Gasteiger partial charge < -0.3 is 15.7 Å². The van der Waals surface area contributed by atoms with Crippen molar-refractivity contribution in [2.24, 2.45) is 10.2 Å². The topological polar surface area (TPSA) is 285 Å². The Morgan fingerprint density at radius 3 is 2.04 bits per heavy atom. The number of rotatable bonds is 12. The largest absolute Gasteiger partial charge is 0.505 e. The molecule has 0 spiro atoms. The number of halogens is 1. The monoisotopic (exact) mass is 926 g/mol. The van der Waals surface area contributed by atoms with E-state index in [-0.39, 0.29) is 76.6 Å². The molecule has 6 rings (SSSR count). The van der Waals surface area contributed by atoms with Crippen LogP contribution < -0.4 is 10.6 Å². The van der Waals surface area contributed by atoms with E-state index in [1.807, 2.05) is 30.3 Å². The average molecular weight is 927 g/mol. The SMILES string of the molecule is CSOO.O=S(=O)(O)c1cccc2c(S(=O)(=O)O)c(N=Nc3c(SOOO)cc4cc(Nc5nc(Cl)nc(Nc6ccccc6)n5)ccc4c3O)ccc12.[Y]. The van der Waals surface area contributed by atoms with Gasteiger partial charge in [-0.3, -0.25) is 9.11 Å². The van der Waals surface area contributed by atoms with E-state index >= 15 is 0 Å². The van der Waals surface area contributed by atoms with Crippen molar-refractivity contribution >= 4 is 112 Å². The van der Waals surface area contributed by atoms with E-state index in [0.29, 0.717) is 23.1 Å². The van der Waals surface area contributed by atoms with Crippen molar-refractivity contribution in [3.05, 3.63) is 90.2 Å². The molecule has 25 heteroatoms. The molecule has 0 aliphatic heterocycles. The van der Waals surface area contributed by atoms with Gasteiger partial charge in [-0.05, 0) is 65.5 Å². The number of para-hydroxylation sites is 1. The number of hydrogen-bond donors (Lipinski definition) is 7. The second-order valence-corrected chi connectivity index (χ2v) is 14.6. The molecule has 1 aromatic heterocycles. The van der Waals surface area contributed by atoms with Crippen molar-refractivity contribution in [2.75, 3.05) is 16.9 Å². The van der Waals surface area contributed by atoms with Crippen LogP contribution in [0.1, 0.15) is 0 Å². The zero-order valence-corrected chi connectivity index (χ0v) is 34.4. The molecule has 1 heterocycles. The number of anilines is 4. The molecule has 7 N–H and O–H groups in total. The molecule has 0 saturated heterocycles. The van der Waals surface area contributed by atoms with Crippen molar-refractivity contribution in [3.63, 3.8) is 0 Å². The summed E-state index contributed by atoms with van der Waals surface area (Å²) in [6.07, 6.45) is 1.62. The first-order chi connectivity index (χ1) is 25.7. The van der Waals surface area contributed by atoms with Crippen LogP contribution in [0.2, 0.25) is 5.28 Å². The van der Waals surface area contributed by atoms with Gasteiger partial charge in [-0.1, -0.05) is 41.4 Å². The minimum Gasteiger partial charge on any atom is -0.505 e. The Kier molecular flexibility index (Phi) is 15.6. The standard InChI is InChI=1S/C29H20ClN7O10S3.CH4O2S.Y/c30-27-33-28(31-16-5-2-1-3-6-16)35-29(34-27)32-17-9-10-18-15(13-17)14-22(48-47-46-39)24(25(18)38)37-36-21-12-11-19-20(26(21)50(43,44)45)7-4-8-23(19)49(40,41)42;1-4-3-2;/h1-14,38-39H,(H,40,41,42)(H,43,44,45)(H2,31,32,33,34,35);2H,1H3;. The van der Waals surface area contributed by atoms with Crippen LogP contribution in [0, 0.1) is 0 Å². The van der Waals surface area contributed by atoms with Gasteiger partial charge in [-0.25, -0.2) is 10.5 Å². The Morgan fingerprint density at radius 1 is 0.764 bits per heavy atom. The van der Waals surface area contributed by atoms with Gasteiger partial charge in [0.2, 0.25) is 17.2 Å². The molecule has 0 aliphatic carbocycles. The molecular weight excluding hydrogens is 903 g/mol. The molecule has 1 radical (unpaired) electrons. The summed E-state index contributed by atoms with van der Waals surface area (Å²) < 4.78 is 76.4. The van der Waals surface area contributed by atoms with Crippen molar-refractivity contribution in [1.29, 1.82) is 0 Å². The maximum atomic E-state index is 12.5. The molecule has 285 valence electrons. The van der Waals surface area contributed by atoms with Crippen LogP contribution in [0.25, 0.3) is 21.5 Å². The first-order valence-electron chi connectivity index (χ1n) is 14.4. The molecule has 0 aliphatic rings. The van der Waals surface area contributed by atoms with E-state index in [1.165, 1.54) is 18.2 Å². The second kappa shape index (κ2) is 19.5. The minimum atomic E-state index is -5.06. The molecule has 0 bridgehead atoms. The van der Waals surface area contributed by atoms with E-state index in [2.05, 4.69) is 49.5 Å². The number of nitrogens with one attached hydrogen (secondary N) is 2. The smallest absolute Gasteiger partial charge is 0.297 e. The molecule has 0 unspecified atom stereocenters. The molecule has 0 fully saturated rings. The summed E-state index contributed by atoms with van der Waals surface area (Å²) >= 11 is 7.45. The Labute approximate surface area is 350 Å². The van der Waals surface area contributed by atoms with Crippen LogP contribution in [-0.2, 0) is 66.7 Å². The molecule has 0 saturated carbocycles. The summed E-state index contributed by atoms with van der Waals surface area (Å²) in [4.78, 5) is 11.1.